The molecule has 0 aliphatic heterocycles. The Labute approximate surface area is 167 Å². The molecular formula is C19H13F4N3O2S. The number of amides is 1. The molecule has 0 fully saturated rings. The van der Waals surface area contributed by atoms with Crippen LogP contribution in [0.2, 0.25) is 0 Å². The first-order chi connectivity index (χ1) is 13.8. The molecule has 1 aromatic heterocycles. The smallest absolute Gasteiger partial charge is 0.406 e. The zero-order chi connectivity index (χ0) is 20.9. The van der Waals surface area contributed by atoms with E-state index in [4.69, 9.17) is 0 Å². The first-order valence-electron chi connectivity index (χ1n) is 8.17. The van der Waals surface area contributed by atoms with E-state index >= 15 is 0 Å². The Morgan fingerprint density at radius 2 is 1.66 bits per heavy atom. The molecule has 0 aliphatic carbocycles. The molecule has 0 aliphatic rings. The van der Waals surface area contributed by atoms with E-state index in [9.17, 15) is 22.4 Å². The van der Waals surface area contributed by atoms with Crippen LogP contribution < -0.4 is 10.1 Å². The molecule has 1 amide bonds. The molecule has 0 spiro atoms. The fraction of sp³-hybridized carbons (Fsp3) is 0.105. The molecule has 1 heterocycles. The maximum atomic E-state index is 13.0. The first-order valence-corrected chi connectivity index (χ1v) is 9.15. The van der Waals surface area contributed by atoms with Gasteiger partial charge < -0.3 is 10.1 Å². The molecule has 3 aromatic rings. The van der Waals surface area contributed by atoms with Crippen molar-refractivity contribution in [2.75, 3.05) is 11.1 Å². The maximum absolute atomic E-state index is 13.0. The van der Waals surface area contributed by atoms with Crippen LogP contribution in [0.4, 0.5) is 23.2 Å². The summed E-state index contributed by atoms with van der Waals surface area (Å²) in [5.41, 5.74) is 1.62. The van der Waals surface area contributed by atoms with Crippen molar-refractivity contribution in [3.63, 3.8) is 0 Å². The third-order valence-electron chi connectivity index (χ3n) is 3.50. The van der Waals surface area contributed by atoms with Gasteiger partial charge >= 0.3 is 6.36 Å². The number of rotatable bonds is 6. The lowest BCUT2D eigenvalue weighted by Crippen LogP contribution is -2.17. The molecule has 1 N–H and O–H groups in total. The van der Waals surface area contributed by atoms with E-state index in [1.54, 1.807) is 24.3 Å². The standard InChI is InChI=1S/C19H13F4N3O2S/c20-13-3-1-12(2-4-13)16-9-10-18(26-25-16)29-11-17(27)24-14-5-7-15(8-6-14)28-19(21,22)23/h1-10H,11H2,(H,24,27). The first kappa shape index (κ1) is 20.6. The van der Waals surface area contributed by atoms with Gasteiger partial charge in [-0.25, -0.2) is 4.39 Å². The highest BCUT2D eigenvalue weighted by Crippen LogP contribution is 2.24. The Kier molecular flexibility index (Phi) is 6.32. The van der Waals surface area contributed by atoms with Crippen LogP contribution >= 0.6 is 11.8 Å². The summed E-state index contributed by atoms with van der Waals surface area (Å²) in [4.78, 5) is 12.0. The maximum Gasteiger partial charge on any atom is 0.573 e. The second-order valence-electron chi connectivity index (χ2n) is 5.67. The lowest BCUT2D eigenvalue weighted by Gasteiger charge is -2.10. The van der Waals surface area contributed by atoms with Gasteiger partial charge in [0.15, 0.2) is 0 Å². The number of thioether (sulfide) groups is 1. The number of nitrogens with one attached hydrogen (secondary N) is 1. The van der Waals surface area contributed by atoms with Gasteiger partial charge in [0.1, 0.15) is 16.6 Å². The highest BCUT2D eigenvalue weighted by Gasteiger charge is 2.30. The van der Waals surface area contributed by atoms with Crippen LogP contribution in [0.3, 0.4) is 0 Å². The van der Waals surface area contributed by atoms with Gasteiger partial charge in [-0.05, 0) is 60.7 Å². The average Bonchev–Trinajstić information content (AvgIpc) is 2.68. The molecule has 3 rings (SSSR count). The van der Waals surface area contributed by atoms with Crippen molar-refractivity contribution in [3.05, 3.63) is 66.5 Å². The Bertz CT molecular complexity index is 963. The molecule has 0 atom stereocenters. The number of carbonyl (C=O) groups is 1. The monoisotopic (exact) mass is 423 g/mol. The van der Waals surface area contributed by atoms with Crippen LogP contribution in [-0.4, -0.2) is 28.2 Å². The number of hydrogen-bond acceptors (Lipinski definition) is 5. The number of hydrogen-bond donors (Lipinski definition) is 1. The van der Waals surface area contributed by atoms with Gasteiger partial charge in [-0.2, -0.15) is 0 Å². The normalized spacial score (nSPS) is 11.2. The van der Waals surface area contributed by atoms with Crippen LogP contribution in [0.15, 0.2) is 65.7 Å². The molecule has 5 nitrogen and oxygen atoms in total. The Morgan fingerprint density at radius 1 is 0.966 bits per heavy atom. The van der Waals surface area contributed by atoms with Gasteiger partial charge in [0.05, 0.1) is 11.4 Å². The van der Waals surface area contributed by atoms with Crippen molar-refractivity contribution in [2.24, 2.45) is 0 Å². The summed E-state index contributed by atoms with van der Waals surface area (Å²) >= 11 is 1.15. The lowest BCUT2D eigenvalue weighted by molar-refractivity contribution is -0.274. The van der Waals surface area contributed by atoms with Crippen molar-refractivity contribution < 1.29 is 27.1 Å². The Hall–Kier alpha value is -3.14. The molecule has 0 radical (unpaired) electrons. The van der Waals surface area contributed by atoms with Gasteiger partial charge in [-0.15, -0.1) is 23.4 Å². The van der Waals surface area contributed by atoms with Gasteiger partial charge in [0.2, 0.25) is 5.91 Å². The summed E-state index contributed by atoms with van der Waals surface area (Å²) in [7, 11) is 0. The molecule has 29 heavy (non-hydrogen) atoms. The van der Waals surface area contributed by atoms with Crippen LogP contribution in [0, 0.1) is 5.82 Å². The van der Waals surface area contributed by atoms with Crippen LogP contribution in [0.1, 0.15) is 0 Å². The minimum absolute atomic E-state index is 0.0331. The average molecular weight is 423 g/mol. The summed E-state index contributed by atoms with van der Waals surface area (Å²) in [5.74, 6) is -1.04. The minimum Gasteiger partial charge on any atom is -0.406 e. The van der Waals surface area contributed by atoms with Crippen LogP contribution in [-0.2, 0) is 4.79 Å². The molecule has 10 heteroatoms. The van der Waals surface area contributed by atoms with Crippen molar-refractivity contribution in [1.29, 1.82) is 0 Å². The second kappa shape index (κ2) is 8.91. The third-order valence-corrected chi connectivity index (χ3v) is 4.42. The predicted octanol–water partition coefficient (Wildman–Crippen LogP) is 4.91. The van der Waals surface area contributed by atoms with Gasteiger partial charge in [0.25, 0.3) is 0 Å². The lowest BCUT2D eigenvalue weighted by atomic mass is 10.1. The number of ether oxygens (including phenoxy) is 1. The van der Waals surface area contributed by atoms with Crippen molar-refractivity contribution in [1.82, 2.24) is 10.2 Å². The molecule has 150 valence electrons. The quantitative estimate of drug-likeness (QED) is 0.451. The molecule has 0 unspecified atom stereocenters. The molecule has 0 bridgehead atoms. The summed E-state index contributed by atoms with van der Waals surface area (Å²) in [6, 6.07) is 14.0. The number of anilines is 1. The van der Waals surface area contributed by atoms with E-state index in [2.05, 4.69) is 20.3 Å². The summed E-state index contributed by atoms with van der Waals surface area (Å²) < 4.78 is 53.1. The minimum atomic E-state index is -4.77. The molecule has 0 saturated heterocycles. The number of carbonyl (C=O) groups excluding carboxylic acids is 1. The summed E-state index contributed by atoms with van der Waals surface area (Å²) in [6.45, 7) is 0. The highest BCUT2D eigenvalue weighted by atomic mass is 32.2. The van der Waals surface area contributed by atoms with Gasteiger partial charge in [0, 0.05) is 11.3 Å². The third kappa shape index (κ3) is 6.46. The number of benzene rings is 2. The van der Waals surface area contributed by atoms with Crippen molar-refractivity contribution in [3.8, 4) is 17.0 Å². The summed E-state index contributed by atoms with van der Waals surface area (Å²) in [6.07, 6.45) is -4.77. The fourth-order valence-electron chi connectivity index (χ4n) is 2.25. The number of nitrogens with zero attached hydrogens (tertiary/aromatic N) is 2. The van der Waals surface area contributed by atoms with E-state index < -0.39 is 6.36 Å². The molecule has 2 aromatic carbocycles. The topological polar surface area (TPSA) is 64.1 Å². The van der Waals surface area contributed by atoms with Crippen molar-refractivity contribution in [2.45, 2.75) is 11.4 Å². The molecule has 0 saturated carbocycles. The van der Waals surface area contributed by atoms with Gasteiger partial charge in [-0.1, -0.05) is 11.8 Å². The zero-order valence-corrected chi connectivity index (χ0v) is 15.4. The van der Waals surface area contributed by atoms with Crippen LogP contribution in [0.5, 0.6) is 5.75 Å². The second-order valence-corrected chi connectivity index (χ2v) is 6.67. The Morgan fingerprint density at radius 3 is 2.24 bits per heavy atom. The summed E-state index contributed by atoms with van der Waals surface area (Å²) in [5, 5.41) is 11.1. The zero-order valence-electron chi connectivity index (χ0n) is 14.6. The van der Waals surface area contributed by atoms with E-state index in [1.165, 1.54) is 24.3 Å². The van der Waals surface area contributed by atoms with Crippen LogP contribution in [0.25, 0.3) is 11.3 Å². The van der Waals surface area contributed by atoms with Crippen molar-refractivity contribution >= 4 is 23.4 Å². The van der Waals surface area contributed by atoms with E-state index in [0.29, 0.717) is 22.0 Å². The van der Waals surface area contributed by atoms with E-state index in [-0.39, 0.29) is 23.2 Å². The SMILES string of the molecule is O=C(CSc1ccc(-c2ccc(F)cc2)nn1)Nc1ccc(OC(F)(F)F)cc1. The predicted molar refractivity (Wildman–Crippen MR) is 99.9 cm³/mol. The highest BCUT2D eigenvalue weighted by molar-refractivity contribution is 7.99. The number of alkyl halides is 3. The van der Waals surface area contributed by atoms with E-state index in [0.717, 1.165) is 23.9 Å². The number of aromatic nitrogens is 2. The molecular weight excluding hydrogens is 410 g/mol. The van der Waals surface area contributed by atoms with E-state index in [1.807, 2.05) is 0 Å². The fourth-order valence-corrected chi connectivity index (χ4v) is 2.86. The largest absolute Gasteiger partial charge is 0.573 e. The number of halogens is 4. The Balaban J connectivity index is 1.51. The van der Waals surface area contributed by atoms with Gasteiger partial charge in [-0.3, -0.25) is 4.79 Å².